The van der Waals surface area contributed by atoms with Gasteiger partial charge in [0.05, 0.1) is 17.0 Å². The van der Waals surface area contributed by atoms with Crippen molar-refractivity contribution >= 4 is 22.9 Å². The molecule has 140 valence electrons. The first-order valence-electron chi connectivity index (χ1n) is 8.55. The van der Waals surface area contributed by atoms with E-state index in [4.69, 9.17) is 0 Å². The SMILES string of the molecule is CCCCNSC(=O)N/N=C(\C)c1c(C)n(C)n(-c2ccccc2)c1=O. The molecule has 0 unspecified atom stereocenters. The Morgan fingerprint density at radius 2 is 1.96 bits per heavy atom. The molecule has 2 aromatic rings. The number of carbonyl (C=O) groups is 1. The number of nitrogens with one attached hydrogen (secondary N) is 2. The molecule has 1 amide bonds. The number of rotatable bonds is 7. The first-order valence-corrected chi connectivity index (χ1v) is 9.37. The third-order valence-electron chi connectivity index (χ3n) is 4.03. The van der Waals surface area contributed by atoms with Gasteiger partial charge in [0.15, 0.2) is 0 Å². The zero-order valence-corrected chi connectivity index (χ0v) is 16.4. The van der Waals surface area contributed by atoms with Crippen molar-refractivity contribution < 1.29 is 4.79 Å². The Hall–Kier alpha value is -2.32. The van der Waals surface area contributed by atoms with Crippen LogP contribution in [0.25, 0.3) is 5.69 Å². The minimum Gasteiger partial charge on any atom is -0.285 e. The van der Waals surface area contributed by atoms with E-state index in [1.165, 1.54) is 0 Å². The first kappa shape index (κ1) is 20.0. The van der Waals surface area contributed by atoms with Crippen molar-refractivity contribution in [3.63, 3.8) is 0 Å². The van der Waals surface area contributed by atoms with Crippen molar-refractivity contribution in [2.45, 2.75) is 33.6 Å². The Kier molecular flexibility index (Phi) is 7.23. The number of amides is 1. The molecule has 8 heteroatoms. The summed E-state index contributed by atoms with van der Waals surface area (Å²) in [5.41, 5.74) is 4.83. The highest BCUT2D eigenvalue weighted by Gasteiger charge is 2.18. The highest BCUT2D eigenvalue weighted by atomic mass is 32.2. The number of unbranched alkanes of at least 4 members (excludes halogenated alkanes) is 1. The smallest absolute Gasteiger partial charge is 0.285 e. The second-order valence-corrected chi connectivity index (χ2v) is 6.75. The lowest BCUT2D eigenvalue weighted by molar-refractivity contribution is 0.261. The van der Waals surface area contributed by atoms with Gasteiger partial charge in [-0.05, 0) is 32.4 Å². The quantitative estimate of drug-likeness (QED) is 0.337. The number of carbonyl (C=O) groups excluding carboxylic acids is 1. The predicted molar refractivity (Wildman–Crippen MR) is 107 cm³/mol. The minimum absolute atomic E-state index is 0.166. The van der Waals surface area contributed by atoms with Crippen LogP contribution in [0.3, 0.4) is 0 Å². The van der Waals surface area contributed by atoms with Crippen LogP contribution in [-0.2, 0) is 7.05 Å². The Balaban J connectivity index is 2.18. The summed E-state index contributed by atoms with van der Waals surface area (Å²) >= 11 is 0.972. The molecule has 1 aromatic heterocycles. The van der Waals surface area contributed by atoms with Crippen LogP contribution < -0.4 is 15.7 Å². The molecule has 0 spiro atoms. The maximum Gasteiger partial charge on any atom is 0.314 e. The zero-order chi connectivity index (χ0) is 19.1. The van der Waals surface area contributed by atoms with Gasteiger partial charge in [0.2, 0.25) is 0 Å². The molecule has 0 aliphatic carbocycles. The second kappa shape index (κ2) is 9.40. The van der Waals surface area contributed by atoms with Crippen molar-refractivity contribution in [1.82, 2.24) is 19.5 Å². The van der Waals surface area contributed by atoms with Gasteiger partial charge < -0.3 is 0 Å². The average molecular weight is 375 g/mol. The van der Waals surface area contributed by atoms with Crippen molar-refractivity contribution in [3.8, 4) is 5.69 Å². The predicted octanol–water partition coefficient (Wildman–Crippen LogP) is 2.96. The molecule has 7 nitrogen and oxygen atoms in total. The van der Waals surface area contributed by atoms with Crippen LogP contribution in [-0.4, -0.2) is 26.9 Å². The van der Waals surface area contributed by atoms with Gasteiger partial charge in [-0.1, -0.05) is 31.5 Å². The fourth-order valence-corrected chi connectivity index (χ4v) is 3.03. The number of hydrazone groups is 1. The number of nitrogens with zero attached hydrogens (tertiary/aromatic N) is 3. The third-order valence-corrected chi connectivity index (χ3v) is 4.65. The van der Waals surface area contributed by atoms with Crippen molar-refractivity contribution in [1.29, 1.82) is 0 Å². The van der Waals surface area contributed by atoms with Crippen LogP contribution in [0.4, 0.5) is 4.79 Å². The summed E-state index contributed by atoms with van der Waals surface area (Å²) in [6.07, 6.45) is 2.07. The van der Waals surface area contributed by atoms with Gasteiger partial charge in [-0.2, -0.15) is 5.10 Å². The van der Waals surface area contributed by atoms with E-state index in [9.17, 15) is 9.59 Å². The number of hydrogen-bond acceptors (Lipinski definition) is 5. The first-order chi connectivity index (χ1) is 12.5. The summed E-state index contributed by atoms with van der Waals surface area (Å²) in [5.74, 6) is 0. The van der Waals surface area contributed by atoms with E-state index in [-0.39, 0.29) is 10.8 Å². The van der Waals surface area contributed by atoms with Gasteiger partial charge in [0.25, 0.3) is 5.56 Å². The van der Waals surface area contributed by atoms with E-state index in [2.05, 4.69) is 22.2 Å². The number of aromatic nitrogens is 2. The number of para-hydroxylation sites is 1. The van der Waals surface area contributed by atoms with Crippen LogP contribution in [0.5, 0.6) is 0 Å². The van der Waals surface area contributed by atoms with Gasteiger partial charge in [0, 0.05) is 31.2 Å². The van der Waals surface area contributed by atoms with Crippen molar-refractivity contribution in [2.24, 2.45) is 12.1 Å². The Labute approximate surface area is 157 Å². The lowest BCUT2D eigenvalue weighted by Crippen LogP contribution is -2.24. The molecule has 0 saturated heterocycles. The molecule has 0 fully saturated rings. The summed E-state index contributed by atoms with van der Waals surface area (Å²) in [4.78, 5) is 24.7. The van der Waals surface area contributed by atoms with Crippen LogP contribution in [0, 0.1) is 6.92 Å². The Morgan fingerprint density at radius 3 is 2.62 bits per heavy atom. The summed E-state index contributed by atoms with van der Waals surface area (Å²) in [5, 5.41) is 3.78. The van der Waals surface area contributed by atoms with E-state index >= 15 is 0 Å². The van der Waals surface area contributed by atoms with E-state index in [0.717, 1.165) is 42.7 Å². The fraction of sp³-hybridized carbons (Fsp3) is 0.389. The maximum absolute atomic E-state index is 12.9. The molecule has 0 aliphatic rings. The summed E-state index contributed by atoms with van der Waals surface area (Å²) < 4.78 is 6.35. The normalized spacial score (nSPS) is 11.6. The highest BCUT2D eigenvalue weighted by Crippen LogP contribution is 2.11. The lowest BCUT2D eigenvalue weighted by Gasteiger charge is -2.07. The molecule has 1 aromatic carbocycles. The van der Waals surface area contributed by atoms with Gasteiger partial charge in [-0.15, -0.1) is 0 Å². The lowest BCUT2D eigenvalue weighted by atomic mass is 10.2. The summed E-state index contributed by atoms with van der Waals surface area (Å²) in [7, 11) is 1.83. The average Bonchev–Trinajstić information content (AvgIpc) is 2.86. The van der Waals surface area contributed by atoms with Gasteiger partial charge in [0.1, 0.15) is 0 Å². The zero-order valence-electron chi connectivity index (χ0n) is 15.6. The number of benzene rings is 1. The fourth-order valence-electron chi connectivity index (χ4n) is 2.56. The maximum atomic E-state index is 12.9. The molecule has 2 N–H and O–H groups in total. The molecule has 0 saturated carbocycles. The monoisotopic (exact) mass is 375 g/mol. The standard InChI is InChI=1S/C18H25N5O2S/c1-5-6-12-19-26-18(25)21-20-13(2)16-14(3)22(4)23(17(16)24)15-10-8-7-9-11-15/h7-11,19H,5-6,12H2,1-4H3,(H,21,25)/b20-13+. The van der Waals surface area contributed by atoms with E-state index in [1.807, 2.05) is 44.3 Å². The molecule has 0 radical (unpaired) electrons. The summed E-state index contributed by atoms with van der Waals surface area (Å²) in [6, 6.07) is 9.41. The minimum atomic E-state index is -0.308. The molecular formula is C18H25N5O2S. The Bertz CT molecular complexity index is 839. The molecule has 1 heterocycles. The molecule has 0 bridgehead atoms. The van der Waals surface area contributed by atoms with E-state index < -0.39 is 0 Å². The molecule has 2 rings (SSSR count). The molecular weight excluding hydrogens is 350 g/mol. The summed E-state index contributed by atoms with van der Waals surface area (Å²) in [6.45, 7) is 6.42. The topological polar surface area (TPSA) is 80.4 Å². The number of hydrogen-bond donors (Lipinski definition) is 2. The van der Waals surface area contributed by atoms with Crippen LogP contribution >= 0.6 is 11.9 Å². The molecule has 0 aliphatic heterocycles. The molecule has 26 heavy (non-hydrogen) atoms. The van der Waals surface area contributed by atoms with Gasteiger partial charge in [-0.25, -0.2) is 10.1 Å². The van der Waals surface area contributed by atoms with Gasteiger partial charge in [-0.3, -0.25) is 19.0 Å². The van der Waals surface area contributed by atoms with Crippen molar-refractivity contribution in [3.05, 3.63) is 51.9 Å². The van der Waals surface area contributed by atoms with E-state index in [0.29, 0.717) is 11.3 Å². The van der Waals surface area contributed by atoms with E-state index in [1.54, 1.807) is 16.3 Å². The third kappa shape index (κ3) is 4.64. The van der Waals surface area contributed by atoms with Crippen LogP contribution in [0.15, 0.2) is 40.2 Å². The van der Waals surface area contributed by atoms with Gasteiger partial charge >= 0.3 is 5.24 Å². The van der Waals surface area contributed by atoms with Crippen LogP contribution in [0.1, 0.15) is 37.9 Å². The highest BCUT2D eigenvalue weighted by molar-refractivity contribution is 8.11. The van der Waals surface area contributed by atoms with Crippen molar-refractivity contribution in [2.75, 3.05) is 6.54 Å². The Morgan fingerprint density at radius 1 is 1.27 bits per heavy atom. The largest absolute Gasteiger partial charge is 0.314 e. The molecule has 0 atom stereocenters. The second-order valence-electron chi connectivity index (χ2n) is 5.88. The van der Waals surface area contributed by atoms with Crippen LogP contribution in [0.2, 0.25) is 0 Å².